The maximum Gasteiger partial charge on any atom is 0.283 e. The summed E-state index contributed by atoms with van der Waals surface area (Å²) in [5.74, 6) is 2.08. The number of rotatable bonds is 10. The van der Waals surface area contributed by atoms with E-state index in [1.165, 1.54) is 4.68 Å². The van der Waals surface area contributed by atoms with Crippen molar-refractivity contribution in [3.63, 3.8) is 0 Å². The largest absolute Gasteiger partial charge is 0.493 e. The first kappa shape index (κ1) is 33.3. The standard InChI is InChI=1S/C41H37N3O4S2/c1-41(2,29-20-22-34(47-3)35(27-29)48-4)49-26-25-42-37(50-36-23-19-28-13-11-12-18-32(28)38(36)42)24-21-33-39(45)43(30-14-7-5-8-15-30)44(40(33)46)31-16-9-6-10-17-31/h5-23,27,45H,25-26H2,1-4H3. The Morgan fingerprint density at radius 2 is 1.48 bits per heavy atom. The normalized spacial score (nSPS) is 12.6. The molecule has 1 aromatic heterocycles. The molecule has 0 radical (unpaired) electrons. The molecule has 5 aromatic carbocycles. The molecule has 0 bridgehead atoms. The lowest BCUT2D eigenvalue weighted by atomic mass is 10.0. The summed E-state index contributed by atoms with van der Waals surface area (Å²) in [4.78, 5) is 17.4. The summed E-state index contributed by atoms with van der Waals surface area (Å²) >= 11 is 3.48. The third kappa shape index (κ3) is 6.20. The summed E-state index contributed by atoms with van der Waals surface area (Å²) in [6, 6.07) is 37.5. The maximum absolute atomic E-state index is 14.0. The molecule has 1 N–H and O–H groups in total. The summed E-state index contributed by atoms with van der Waals surface area (Å²) < 4.78 is 13.9. The Bertz CT molecular complexity index is 2310. The van der Waals surface area contributed by atoms with Crippen molar-refractivity contribution in [2.24, 2.45) is 0 Å². The highest BCUT2D eigenvalue weighted by molar-refractivity contribution is 8.03. The number of methoxy groups -OCH3 is 2. The number of anilines is 1. The first-order valence-corrected chi connectivity index (χ1v) is 18.1. The van der Waals surface area contributed by atoms with E-state index in [1.54, 1.807) is 36.7 Å². The molecule has 6 aromatic rings. The summed E-state index contributed by atoms with van der Waals surface area (Å²) in [6.07, 6.45) is 1.63. The molecule has 9 heteroatoms. The second-order valence-corrected chi connectivity index (χ2v) is 15.0. The number of fused-ring (bicyclic) bond motifs is 3. The van der Waals surface area contributed by atoms with Gasteiger partial charge < -0.3 is 19.5 Å². The van der Waals surface area contributed by atoms with Crippen LogP contribution in [0.25, 0.3) is 28.2 Å². The number of ether oxygens (including phenoxy) is 2. The monoisotopic (exact) mass is 699 g/mol. The fourth-order valence-corrected chi connectivity index (χ4v) is 8.39. The van der Waals surface area contributed by atoms with Gasteiger partial charge in [-0.2, -0.15) is 0 Å². The van der Waals surface area contributed by atoms with Crippen LogP contribution in [0.5, 0.6) is 17.4 Å². The molecule has 0 saturated carbocycles. The second-order valence-electron chi connectivity index (χ2n) is 12.2. The van der Waals surface area contributed by atoms with E-state index in [1.807, 2.05) is 84.6 Å². The zero-order valence-electron chi connectivity index (χ0n) is 28.3. The van der Waals surface area contributed by atoms with E-state index in [9.17, 15) is 9.90 Å². The fraction of sp³-hybridized carbons (Fsp3) is 0.171. The molecule has 2 heterocycles. The van der Waals surface area contributed by atoms with E-state index in [2.05, 4.69) is 66.9 Å². The van der Waals surface area contributed by atoms with E-state index in [0.29, 0.717) is 29.4 Å². The molecule has 0 aliphatic carbocycles. The van der Waals surface area contributed by atoms with Crippen LogP contribution < -0.4 is 19.9 Å². The molecule has 1 aliphatic heterocycles. The van der Waals surface area contributed by atoms with Crippen molar-refractivity contribution >= 4 is 46.1 Å². The molecule has 50 heavy (non-hydrogen) atoms. The van der Waals surface area contributed by atoms with E-state index in [4.69, 9.17) is 9.47 Å². The van der Waals surface area contributed by atoms with Gasteiger partial charge in [0.1, 0.15) is 10.6 Å². The smallest absolute Gasteiger partial charge is 0.283 e. The van der Waals surface area contributed by atoms with Crippen LogP contribution in [0.4, 0.5) is 5.69 Å². The highest BCUT2D eigenvalue weighted by Gasteiger charge is 2.29. The van der Waals surface area contributed by atoms with Gasteiger partial charge in [-0.15, -0.1) is 11.8 Å². The molecule has 0 fully saturated rings. The number of aromatic nitrogens is 2. The van der Waals surface area contributed by atoms with Gasteiger partial charge in [-0.05, 0) is 67.3 Å². The van der Waals surface area contributed by atoms with Gasteiger partial charge >= 0.3 is 0 Å². The number of thioether (sulfide) groups is 2. The first-order chi connectivity index (χ1) is 24.3. The van der Waals surface area contributed by atoms with Gasteiger partial charge in [0.05, 0.1) is 31.3 Å². The molecule has 7 rings (SSSR count). The van der Waals surface area contributed by atoms with Crippen LogP contribution in [-0.4, -0.2) is 41.0 Å². The minimum absolute atomic E-state index is 0.150. The molecule has 0 spiro atoms. The van der Waals surface area contributed by atoms with Gasteiger partial charge in [0.2, 0.25) is 5.88 Å². The van der Waals surface area contributed by atoms with E-state index in [-0.39, 0.29) is 21.7 Å². The van der Waals surface area contributed by atoms with E-state index < -0.39 is 0 Å². The maximum atomic E-state index is 14.0. The third-order valence-electron chi connectivity index (χ3n) is 8.85. The summed E-state index contributed by atoms with van der Waals surface area (Å²) in [5, 5.41) is 14.8. The molecule has 0 saturated heterocycles. The van der Waals surface area contributed by atoms with Crippen LogP contribution in [0.2, 0.25) is 0 Å². The molecule has 1 aliphatic rings. The lowest BCUT2D eigenvalue weighted by molar-refractivity contribution is 0.354. The third-order valence-corrected chi connectivity index (χ3v) is 11.3. The molecule has 7 nitrogen and oxygen atoms in total. The summed E-state index contributed by atoms with van der Waals surface area (Å²) in [6.45, 7) is 5.14. The Kier molecular flexibility index (Phi) is 9.29. The van der Waals surface area contributed by atoms with Crippen molar-refractivity contribution in [2.45, 2.75) is 23.5 Å². The number of benzene rings is 5. The molecule has 0 atom stereocenters. The highest BCUT2D eigenvalue weighted by Crippen LogP contribution is 2.50. The van der Waals surface area contributed by atoms with Crippen LogP contribution in [-0.2, 0) is 4.75 Å². The first-order valence-electron chi connectivity index (χ1n) is 16.3. The average Bonchev–Trinajstić information content (AvgIpc) is 3.63. The second kappa shape index (κ2) is 14.0. The van der Waals surface area contributed by atoms with E-state index >= 15 is 0 Å². The Balaban J connectivity index is 1.28. The van der Waals surface area contributed by atoms with Crippen molar-refractivity contribution in [1.29, 1.82) is 0 Å². The van der Waals surface area contributed by atoms with Crippen LogP contribution >= 0.6 is 23.5 Å². The Morgan fingerprint density at radius 1 is 0.820 bits per heavy atom. The zero-order chi connectivity index (χ0) is 34.8. The lowest BCUT2D eigenvalue weighted by Gasteiger charge is -2.28. The summed E-state index contributed by atoms with van der Waals surface area (Å²) in [5.41, 5.74) is 6.86. The average molecular weight is 700 g/mol. The number of hydrogen-bond acceptors (Lipinski definition) is 7. The lowest BCUT2D eigenvalue weighted by Crippen LogP contribution is -2.23. The van der Waals surface area contributed by atoms with Crippen molar-refractivity contribution in [3.05, 3.63) is 148 Å². The Hall–Kier alpha value is -5.21. The molecule has 0 amide bonds. The van der Waals surface area contributed by atoms with Crippen molar-refractivity contribution < 1.29 is 14.6 Å². The van der Waals surface area contributed by atoms with E-state index in [0.717, 1.165) is 37.7 Å². The van der Waals surface area contributed by atoms with Gasteiger partial charge in [0.15, 0.2) is 11.5 Å². The number of hydrogen-bond donors (Lipinski definition) is 1. The predicted octanol–water partition coefficient (Wildman–Crippen LogP) is 9.24. The quantitative estimate of drug-likeness (QED) is 0.143. The highest BCUT2D eigenvalue weighted by atomic mass is 32.2. The van der Waals surface area contributed by atoms with Gasteiger partial charge in [0, 0.05) is 33.4 Å². The number of aromatic hydroxyl groups is 1. The molecular formula is C41H37N3O4S2. The van der Waals surface area contributed by atoms with Crippen molar-refractivity contribution in [2.75, 3.05) is 31.4 Å². The van der Waals surface area contributed by atoms with Crippen molar-refractivity contribution in [1.82, 2.24) is 9.36 Å². The Morgan fingerprint density at radius 3 is 2.18 bits per heavy atom. The van der Waals surface area contributed by atoms with Gasteiger partial charge in [-0.1, -0.05) is 90.3 Å². The van der Waals surface area contributed by atoms with Gasteiger partial charge in [-0.3, -0.25) is 4.79 Å². The van der Waals surface area contributed by atoms with Crippen LogP contribution in [0, 0.1) is 0 Å². The SMILES string of the molecule is COc1ccc(C(C)(C)SCCN2C(=C=Cc3c(O)n(-c4ccccc4)n(-c4ccccc4)c3=O)Sc3ccc4ccccc4c32)cc1OC. The van der Waals surface area contributed by atoms with Crippen molar-refractivity contribution in [3.8, 4) is 28.8 Å². The topological polar surface area (TPSA) is 68.9 Å². The predicted molar refractivity (Wildman–Crippen MR) is 207 cm³/mol. The molecule has 0 unspecified atom stereocenters. The fourth-order valence-electron chi connectivity index (χ4n) is 6.24. The number of para-hydroxylation sites is 2. The zero-order valence-corrected chi connectivity index (χ0v) is 29.9. The minimum atomic E-state index is -0.338. The Labute approximate surface area is 300 Å². The van der Waals surface area contributed by atoms with Crippen LogP contribution in [0.3, 0.4) is 0 Å². The number of nitrogens with zero attached hydrogens (tertiary/aromatic N) is 3. The molecule has 252 valence electrons. The van der Waals surface area contributed by atoms with Crippen LogP contribution in [0.1, 0.15) is 25.0 Å². The van der Waals surface area contributed by atoms with Gasteiger partial charge in [0.25, 0.3) is 5.56 Å². The molecular weight excluding hydrogens is 663 g/mol. The van der Waals surface area contributed by atoms with Crippen LogP contribution in [0.15, 0.2) is 136 Å². The summed E-state index contributed by atoms with van der Waals surface area (Å²) in [7, 11) is 3.30. The minimum Gasteiger partial charge on any atom is -0.493 e. The van der Waals surface area contributed by atoms with Gasteiger partial charge in [-0.25, -0.2) is 9.36 Å².